The maximum absolute atomic E-state index is 13.0. The van der Waals surface area contributed by atoms with Gasteiger partial charge in [-0.05, 0) is 81.4 Å². The number of imidazole rings is 1. The summed E-state index contributed by atoms with van der Waals surface area (Å²) in [5, 5.41) is 6.28. The Morgan fingerprint density at radius 3 is 2.70 bits per heavy atom. The van der Waals surface area contributed by atoms with Crippen LogP contribution in [0.15, 0.2) is 29.2 Å². The van der Waals surface area contributed by atoms with Crippen LogP contribution in [0.25, 0.3) is 11.0 Å². The Labute approximate surface area is 206 Å². The van der Waals surface area contributed by atoms with Crippen molar-refractivity contribution in [3.8, 4) is 0 Å². The van der Waals surface area contributed by atoms with E-state index in [4.69, 9.17) is 0 Å². The van der Waals surface area contributed by atoms with Crippen LogP contribution < -0.4 is 16.2 Å². The van der Waals surface area contributed by atoms with Crippen LogP contribution in [0.4, 0.5) is 0 Å². The number of aryl methyl sites for hydroxylation is 3. The molecule has 4 rings (SSSR count). The Morgan fingerprint density at radius 2 is 1.97 bits per heavy atom. The minimum atomic E-state index is -0.318. The van der Waals surface area contributed by atoms with E-state index in [0.29, 0.717) is 31.0 Å². The van der Waals surface area contributed by atoms with Crippen LogP contribution >= 0.6 is 24.8 Å². The number of hydrogen-bond acceptors (Lipinski definition) is 4. The molecule has 1 unspecified atom stereocenters. The minimum Gasteiger partial charge on any atom is -0.351 e. The number of halogens is 2. The van der Waals surface area contributed by atoms with Gasteiger partial charge in [0.1, 0.15) is 11.4 Å². The van der Waals surface area contributed by atoms with Crippen molar-refractivity contribution < 1.29 is 4.79 Å². The summed E-state index contributed by atoms with van der Waals surface area (Å²) in [5.74, 6) is 0.933. The molecule has 1 aromatic carbocycles. The second-order valence-electron chi connectivity index (χ2n) is 8.64. The lowest BCUT2D eigenvalue weighted by Gasteiger charge is -2.23. The number of pyridine rings is 1. The maximum atomic E-state index is 13.0. The number of benzene rings is 1. The first-order valence-electron chi connectivity index (χ1n) is 11.1. The van der Waals surface area contributed by atoms with Gasteiger partial charge in [-0.25, -0.2) is 4.98 Å². The van der Waals surface area contributed by atoms with Crippen molar-refractivity contribution in [1.29, 1.82) is 0 Å². The van der Waals surface area contributed by atoms with Crippen LogP contribution in [0, 0.1) is 26.7 Å². The van der Waals surface area contributed by atoms with E-state index >= 15 is 0 Å². The quantitative estimate of drug-likeness (QED) is 0.490. The smallest absolute Gasteiger partial charge is 0.263 e. The van der Waals surface area contributed by atoms with E-state index in [2.05, 4.69) is 40.5 Å². The van der Waals surface area contributed by atoms with Crippen molar-refractivity contribution >= 4 is 41.8 Å². The number of amides is 1. The molecule has 3 aromatic rings. The van der Waals surface area contributed by atoms with Crippen molar-refractivity contribution in [3.63, 3.8) is 0 Å². The summed E-state index contributed by atoms with van der Waals surface area (Å²) >= 11 is 0. The molecule has 0 saturated carbocycles. The van der Waals surface area contributed by atoms with Crippen molar-refractivity contribution in [2.24, 2.45) is 5.92 Å². The highest BCUT2D eigenvalue weighted by Gasteiger charge is 2.19. The lowest BCUT2D eigenvalue weighted by Crippen LogP contribution is -2.38. The largest absolute Gasteiger partial charge is 0.351 e. The van der Waals surface area contributed by atoms with E-state index in [-0.39, 0.29) is 41.8 Å². The lowest BCUT2D eigenvalue weighted by atomic mass is 9.99. The Hall–Kier alpha value is -2.35. The third kappa shape index (κ3) is 5.96. The van der Waals surface area contributed by atoms with Gasteiger partial charge >= 0.3 is 0 Å². The molecule has 3 heterocycles. The van der Waals surface area contributed by atoms with Gasteiger partial charge in [0.25, 0.3) is 11.5 Å². The predicted octanol–water partition coefficient (Wildman–Crippen LogP) is 3.47. The molecule has 1 saturated heterocycles. The molecule has 0 bridgehead atoms. The Bertz CT molecular complexity index is 1170. The van der Waals surface area contributed by atoms with Gasteiger partial charge in [-0.1, -0.05) is 6.07 Å². The monoisotopic (exact) mass is 493 g/mol. The standard InChI is InChI=1S/C24H31N5O2.2ClH/c1-15-6-7-19-22(17(15)3)28-20(27-19)8-11-26-23(30)21-16(2)9-12-29(24(21)31)14-18-5-4-10-25-13-18;;/h6-7,9,12,18,25H,4-5,8,10-11,13-14H2,1-3H3,(H,26,30)(H,27,28);2*1H. The Morgan fingerprint density at radius 1 is 1.18 bits per heavy atom. The lowest BCUT2D eigenvalue weighted by molar-refractivity contribution is 0.0951. The highest BCUT2D eigenvalue weighted by atomic mass is 35.5. The summed E-state index contributed by atoms with van der Waals surface area (Å²) in [5.41, 5.74) is 5.08. The number of nitrogens with zero attached hydrogens (tertiary/aromatic N) is 2. The zero-order valence-electron chi connectivity index (χ0n) is 19.4. The summed E-state index contributed by atoms with van der Waals surface area (Å²) in [6, 6.07) is 5.97. The van der Waals surface area contributed by atoms with E-state index in [1.807, 2.05) is 25.3 Å². The molecule has 33 heavy (non-hydrogen) atoms. The Balaban J connectivity index is 0.00000193. The molecule has 1 atom stereocenters. The number of carbonyl (C=O) groups excluding carboxylic acids is 1. The summed E-state index contributed by atoms with van der Waals surface area (Å²) < 4.78 is 1.68. The number of nitrogens with one attached hydrogen (secondary N) is 3. The van der Waals surface area contributed by atoms with Gasteiger partial charge in [0.2, 0.25) is 0 Å². The van der Waals surface area contributed by atoms with E-state index in [1.54, 1.807) is 4.57 Å². The van der Waals surface area contributed by atoms with Crippen LogP contribution in [-0.4, -0.2) is 40.1 Å². The summed E-state index contributed by atoms with van der Waals surface area (Å²) in [6.07, 6.45) is 4.61. The average Bonchev–Trinajstić information content (AvgIpc) is 3.17. The molecule has 9 heteroatoms. The van der Waals surface area contributed by atoms with Gasteiger partial charge in [0.05, 0.1) is 11.0 Å². The first-order chi connectivity index (χ1) is 14.9. The third-order valence-electron chi connectivity index (χ3n) is 6.33. The number of aromatic nitrogens is 3. The highest BCUT2D eigenvalue weighted by molar-refractivity contribution is 5.95. The number of rotatable bonds is 6. The van der Waals surface area contributed by atoms with Gasteiger partial charge in [-0.2, -0.15) is 0 Å². The maximum Gasteiger partial charge on any atom is 0.263 e. The average molecular weight is 494 g/mol. The summed E-state index contributed by atoms with van der Waals surface area (Å²) in [4.78, 5) is 33.8. The SMILES string of the molecule is Cc1ccn(CC2CCCNC2)c(=O)c1C(=O)NCCc1nc2c(C)c(C)ccc2[nH]1.Cl.Cl. The first-order valence-corrected chi connectivity index (χ1v) is 11.1. The third-order valence-corrected chi connectivity index (χ3v) is 6.33. The van der Waals surface area contributed by atoms with E-state index in [9.17, 15) is 9.59 Å². The van der Waals surface area contributed by atoms with Gasteiger partial charge in [0.15, 0.2) is 0 Å². The van der Waals surface area contributed by atoms with Crippen LogP contribution in [0.5, 0.6) is 0 Å². The molecule has 0 spiro atoms. The molecule has 0 radical (unpaired) electrons. The van der Waals surface area contributed by atoms with Gasteiger partial charge in [-0.15, -0.1) is 24.8 Å². The Kier molecular flexibility index (Phi) is 9.52. The molecule has 180 valence electrons. The molecular weight excluding hydrogens is 461 g/mol. The molecule has 1 aliphatic rings. The highest BCUT2D eigenvalue weighted by Crippen LogP contribution is 2.19. The molecule has 1 fully saturated rings. The topological polar surface area (TPSA) is 91.8 Å². The zero-order valence-corrected chi connectivity index (χ0v) is 21.0. The molecule has 1 aliphatic heterocycles. The molecular formula is C24H33Cl2N5O2. The fraction of sp³-hybridized carbons (Fsp3) is 0.458. The van der Waals surface area contributed by atoms with Gasteiger partial charge in [-0.3, -0.25) is 9.59 Å². The van der Waals surface area contributed by atoms with Crippen molar-refractivity contribution in [2.45, 2.75) is 46.6 Å². The summed E-state index contributed by atoms with van der Waals surface area (Å²) in [6.45, 7) is 8.96. The normalized spacial score (nSPS) is 15.5. The number of hydrogen-bond donors (Lipinski definition) is 3. The van der Waals surface area contributed by atoms with Gasteiger partial charge in [0, 0.05) is 25.7 Å². The fourth-order valence-corrected chi connectivity index (χ4v) is 4.31. The number of carbonyl (C=O) groups is 1. The van der Waals surface area contributed by atoms with E-state index in [0.717, 1.165) is 48.4 Å². The molecule has 3 N–H and O–H groups in total. The van der Waals surface area contributed by atoms with E-state index < -0.39 is 0 Å². The van der Waals surface area contributed by atoms with Crippen molar-refractivity contribution in [3.05, 3.63) is 62.8 Å². The zero-order chi connectivity index (χ0) is 22.0. The van der Waals surface area contributed by atoms with E-state index in [1.165, 1.54) is 5.56 Å². The molecule has 1 amide bonds. The molecule has 0 aliphatic carbocycles. The number of piperidine rings is 1. The number of H-pyrrole nitrogens is 1. The van der Waals surface area contributed by atoms with Crippen molar-refractivity contribution in [1.82, 2.24) is 25.2 Å². The fourth-order valence-electron chi connectivity index (χ4n) is 4.31. The minimum absolute atomic E-state index is 0. The van der Waals surface area contributed by atoms with Crippen molar-refractivity contribution in [2.75, 3.05) is 19.6 Å². The first kappa shape index (κ1) is 26.9. The second kappa shape index (κ2) is 11.7. The number of aromatic amines is 1. The molecule has 2 aromatic heterocycles. The van der Waals surface area contributed by atoms with Crippen LogP contribution in [0.1, 0.15) is 45.7 Å². The van der Waals surface area contributed by atoms with Crippen LogP contribution in [-0.2, 0) is 13.0 Å². The summed E-state index contributed by atoms with van der Waals surface area (Å²) in [7, 11) is 0. The molecule has 7 nitrogen and oxygen atoms in total. The predicted molar refractivity (Wildman–Crippen MR) is 137 cm³/mol. The van der Waals surface area contributed by atoms with Gasteiger partial charge < -0.3 is 20.2 Å². The van der Waals surface area contributed by atoms with Crippen LogP contribution in [0.2, 0.25) is 0 Å². The number of fused-ring (bicyclic) bond motifs is 1. The van der Waals surface area contributed by atoms with Crippen LogP contribution in [0.3, 0.4) is 0 Å². The second-order valence-corrected chi connectivity index (χ2v) is 8.64.